The lowest BCUT2D eigenvalue weighted by Crippen LogP contribution is -2.56. The molecule has 0 bridgehead atoms. The van der Waals surface area contributed by atoms with Gasteiger partial charge in [0.2, 0.25) is 0 Å². The van der Waals surface area contributed by atoms with Gasteiger partial charge in [-0.3, -0.25) is 0 Å². The zero-order valence-electron chi connectivity index (χ0n) is 15.5. The van der Waals surface area contributed by atoms with Crippen molar-refractivity contribution in [3.63, 3.8) is 0 Å². The quantitative estimate of drug-likeness (QED) is 0.451. The maximum Gasteiger partial charge on any atom is 0.435 e. The summed E-state index contributed by atoms with van der Waals surface area (Å²) < 4.78 is 43.2. The molecule has 1 atom stereocenters. The maximum atomic E-state index is 14.2. The SMILES string of the molecule is N#CC1(c2ccc(C3=NOC(c4cc(Cl)c(Cl)c(Cl)c4)(C(F)(F)F)C3)cc2Br)CNC1. The third-order valence-electron chi connectivity index (χ3n) is 5.52. The predicted octanol–water partition coefficient (Wildman–Crippen LogP) is 6.36. The topological polar surface area (TPSA) is 57.4 Å². The monoisotopic (exact) mass is 551 g/mol. The second-order valence-corrected chi connectivity index (χ2v) is 9.42. The van der Waals surface area contributed by atoms with E-state index in [0.29, 0.717) is 23.1 Å². The van der Waals surface area contributed by atoms with Gasteiger partial charge in [0.15, 0.2) is 0 Å². The first-order valence-electron chi connectivity index (χ1n) is 8.92. The minimum absolute atomic E-state index is 0.0417. The summed E-state index contributed by atoms with van der Waals surface area (Å²) >= 11 is 21.3. The van der Waals surface area contributed by atoms with Gasteiger partial charge in [0.05, 0.1) is 26.8 Å². The molecule has 1 saturated heterocycles. The van der Waals surface area contributed by atoms with Gasteiger partial charge in [-0.25, -0.2) is 0 Å². The van der Waals surface area contributed by atoms with E-state index in [1.54, 1.807) is 18.2 Å². The van der Waals surface area contributed by atoms with Crippen LogP contribution < -0.4 is 5.32 Å². The lowest BCUT2D eigenvalue weighted by atomic mass is 9.76. The second kappa shape index (κ2) is 7.82. The zero-order chi connectivity index (χ0) is 22.6. The molecule has 2 aromatic carbocycles. The van der Waals surface area contributed by atoms with E-state index < -0.39 is 23.6 Å². The van der Waals surface area contributed by atoms with Gasteiger partial charge in [0, 0.05) is 35.1 Å². The molecule has 0 saturated carbocycles. The van der Waals surface area contributed by atoms with Crippen LogP contribution in [-0.4, -0.2) is 25.0 Å². The first kappa shape index (κ1) is 22.7. The third kappa shape index (κ3) is 3.61. The maximum absolute atomic E-state index is 14.2. The molecule has 4 nitrogen and oxygen atoms in total. The zero-order valence-corrected chi connectivity index (χ0v) is 19.3. The van der Waals surface area contributed by atoms with Crippen molar-refractivity contribution in [2.75, 3.05) is 13.1 Å². The number of nitriles is 1. The van der Waals surface area contributed by atoms with Crippen molar-refractivity contribution in [3.8, 4) is 6.07 Å². The Balaban J connectivity index is 1.71. The molecule has 2 heterocycles. The molecule has 11 heteroatoms. The van der Waals surface area contributed by atoms with Gasteiger partial charge in [0.25, 0.3) is 5.60 Å². The molecule has 2 aliphatic rings. The van der Waals surface area contributed by atoms with Gasteiger partial charge in [-0.2, -0.15) is 18.4 Å². The van der Waals surface area contributed by atoms with Crippen molar-refractivity contribution in [3.05, 3.63) is 66.6 Å². The average molecular weight is 554 g/mol. The molecule has 162 valence electrons. The fraction of sp³-hybridized carbons (Fsp3) is 0.300. The average Bonchev–Trinajstić information content (AvgIpc) is 3.13. The minimum atomic E-state index is -4.81. The number of rotatable bonds is 3. The summed E-state index contributed by atoms with van der Waals surface area (Å²) in [4.78, 5) is 5.02. The number of halogens is 7. The fourth-order valence-electron chi connectivity index (χ4n) is 3.63. The molecule has 2 aliphatic heterocycles. The molecule has 1 fully saturated rings. The molecule has 0 aromatic heterocycles. The summed E-state index contributed by atoms with van der Waals surface area (Å²) in [6, 6.07) is 9.46. The number of hydrogen-bond acceptors (Lipinski definition) is 4. The third-order valence-corrected chi connectivity index (χ3v) is 7.37. The van der Waals surface area contributed by atoms with Crippen LogP contribution in [0.3, 0.4) is 0 Å². The van der Waals surface area contributed by atoms with Crippen molar-refractivity contribution in [1.82, 2.24) is 5.32 Å². The van der Waals surface area contributed by atoms with Gasteiger partial charge in [-0.1, -0.05) is 68.0 Å². The van der Waals surface area contributed by atoms with Crippen LogP contribution in [0.25, 0.3) is 0 Å². The molecular formula is C20H12BrCl3F3N3O. The number of alkyl halides is 3. The van der Waals surface area contributed by atoms with E-state index >= 15 is 0 Å². The van der Waals surface area contributed by atoms with Crippen molar-refractivity contribution in [2.24, 2.45) is 5.16 Å². The molecular weight excluding hydrogens is 541 g/mol. The van der Waals surface area contributed by atoms with Crippen LogP contribution in [-0.2, 0) is 15.9 Å². The predicted molar refractivity (Wildman–Crippen MR) is 116 cm³/mol. The Morgan fingerprint density at radius 2 is 1.77 bits per heavy atom. The van der Waals surface area contributed by atoms with Crippen LogP contribution >= 0.6 is 50.7 Å². The summed E-state index contributed by atoms with van der Waals surface area (Å²) in [5, 5.41) is 16.1. The number of benzene rings is 2. The van der Waals surface area contributed by atoms with Crippen LogP contribution in [0.1, 0.15) is 23.1 Å². The van der Waals surface area contributed by atoms with Crippen molar-refractivity contribution in [1.29, 1.82) is 5.26 Å². The molecule has 0 spiro atoms. The minimum Gasteiger partial charge on any atom is -0.374 e. The van der Waals surface area contributed by atoms with E-state index in [-0.39, 0.29) is 26.3 Å². The molecule has 0 aliphatic carbocycles. The summed E-state index contributed by atoms with van der Waals surface area (Å²) in [6.07, 6.45) is -5.39. The van der Waals surface area contributed by atoms with Crippen LogP contribution in [0.5, 0.6) is 0 Å². The smallest absolute Gasteiger partial charge is 0.374 e. The molecule has 4 rings (SSSR count). The number of nitrogens with zero attached hydrogens (tertiary/aromatic N) is 2. The second-order valence-electron chi connectivity index (χ2n) is 7.38. The van der Waals surface area contributed by atoms with Crippen molar-refractivity contribution < 1.29 is 18.0 Å². The lowest BCUT2D eigenvalue weighted by molar-refractivity contribution is -0.275. The summed E-state index contributed by atoms with van der Waals surface area (Å²) in [7, 11) is 0. The Kier molecular flexibility index (Phi) is 5.72. The molecule has 0 amide bonds. The van der Waals surface area contributed by atoms with Crippen LogP contribution in [0, 0.1) is 11.3 Å². The Labute approximate surface area is 199 Å². The first-order chi connectivity index (χ1) is 14.5. The van der Waals surface area contributed by atoms with Crippen molar-refractivity contribution in [2.45, 2.75) is 23.6 Å². The Bertz CT molecular complexity index is 1120. The first-order valence-corrected chi connectivity index (χ1v) is 10.8. The highest BCUT2D eigenvalue weighted by Crippen LogP contribution is 2.50. The molecule has 1 unspecified atom stereocenters. The van der Waals surface area contributed by atoms with E-state index in [2.05, 4.69) is 32.5 Å². The van der Waals surface area contributed by atoms with E-state index in [1.165, 1.54) is 0 Å². The lowest BCUT2D eigenvalue weighted by Gasteiger charge is -2.37. The standard InChI is InChI=1S/C20H12BrCl3F3N3O/c21-13-3-10(1-2-12(13)18(7-28)8-29-9-18)16-6-19(31-30-16,20(25,26)27)11-4-14(22)17(24)15(23)5-11/h1-5,29H,6,8-9H2. The number of oxime groups is 1. The van der Waals surface area contributed by atoms with Crippen LogP contribution in [0.15, 0.2) is 40.0 Å². The number of nitrogens with one attached hydrogen (secondary N) is 1. The normalized spacial score (nSPS) is 22.3. The van der Waals surface area contributed by atoms with E-state index in [9.17, 15) is 18.4 Å². The summed E-state index contributed by atoms with van der Waals surface area (Å²) in [6.45, 7) is 1.00. The highest BCUT2D eigenvalue weighted by atomic mass is 79.9. The van der Waals surface area contributed by atoms with E-state index in [4.69, 9.17) is 39.6 Å². The van der Waals surface area contributed by atoms with Gasteiger partial charge in [-0.15, -0.1) is 0 Å². The highest BCUT2D eigenvalue weighted by Gasteiger charge is 2.62. The molecule has 1 N–H and O–H groups in total. The largest absolute Gasteiger partial charge is 0.435 e. The van der Waals surface area contributed by atoms with Gasteiger partial charge >= 0.3 is 6.18 Å². The van der Waals surface area contributed by atoms with Gasteiger partial charge in [-0.05, 0) is 23.8 Å². The van der Waals surface area contributed by atoms with E-state index in [0.717, 1.165) is 17.7 Å². The van der Waals surface area contributed by atoms with Crippen LogP contribution in [0.2, 0.25) is 15.1 Å². The van der Waals surface area contributed by atoms with Crippen molar-refractivity contribution >= 4 is 56.4 Å². The molecule has 0 radical (unpaired) electrons. The molecule has 2 aromatic rings. The van der Waals surface area contributed by atoms with Crippen LogP contribution in [0.4, 0.5) is 13.2 Å². The number of hydrogen-bond donors (Lipinski definition) is 1. The fourth-order valence-corrected chi connectivity index (χ4v) is 4.99. The van der Waals surface area contributed by atoms with Gasteiger partial charge in [0.1, 0.15) is 5.41 Å². The summed E-state index contributed by atoms with van der Waals surface area (Å²) in [5.74, 6) is 0. The Morgan fingerprint density at radius 1 is 1.13 bits per heavy atom. The highest BCUT2D eigenvalue weighted by molar-refractivity contribution is 9.10. The van der Waals surface area contributed by atoms with E-state index in [1.807, 2.05) is 0 Å². The van der Waals surface area contributed by atoms with Gasteiger partial charge < -0.3 is 10.2 Å². The molecule has 31 heavy (non-hydrogen) atoms. The Morgan fingerprint density at radius 3 is 2.26 bits per heavy atom. The Hall–Kier alpha value is -1.50. The summed E-state index contributed by atoms with van der Waals surface area (Å²) in [5.41, 5.74) is -2.42.